The molecule has 0 saturated carbocycles. The van der Waals surface area contributed by atoms with Crippen LogP contribution < -0.4 is 0 Å². The Labute approximate surface area is 130 Å². The largest absolute Gasteiger partial charge is 0.360 e. The Balaban J connectivity index is 2.06. The number of hydrogen-bond acceptors (Lipinski definition) is 0. The molecule has 1 aromatic heterocycles. The van der Waals surface area contributed by atoms with Gasteiger partial charge in [0, 0.05) is 22.5 Å². The monoisotopic (exact) mass is 285 g/mol. The fraction of sp³-hybridized carbons (Fsp3) is 0.143. The third-order valence-electron chi connectivity index (χ3n) is 4.49. The molecule has 0 bridgehead atoms. The van der Waals surface area contributed by atoms with E-state index in [1.807, 2.05) is 0 Å². The lowest BCUT2D eigenvalue weighted by Crippen LogP contribution is -1.90. The van der Waals surface area contributed by atoms with Gasteiger partial charge in [0.15, 0.2) is 0 Å². The van der Waals surface area contributed by atoms with Crippen LogP contribution in [-0.2, 0) is 0 Å². The zero-order valence-corrected chi connectivity index (χ0v) is 13.2. The van der Waals surface area contributed by atoms with Gasteiger partial charge in [-0.05, 0) is 54.8 Å². The average molecular weight is 285 g/mol. The minimum absolute atomic E-state index is 1.23. The molecule has 22 heavy (non-hydrogen) atoms. The average Bonchev–Trinajstić information content (AvgIpc) is 2.87. The summed E-state index contributed by atoms with van der Waals surface area (Å²) in [6.45, 7) is 6.55. The Morgan fingerprint density at radius 2 is 1.36 bits per heavy atom. The highest BCUT2D eigenvalue weighted by Crippen LogP contribution is 2.35. The molecule has 0 radical (unpaired) electrons. The number of aryl methyl sites for hydroxylation is 3. The molecule has 1 N–H and O–H groups in total. The van der Waals surface area contributed by atoms with Gasteiger partial charge in [-0.1, -0.05) is 42.0 Å². The van der Waals surface area contributed by atoms with Gasteiger partial charge in [0.25, 0.3) is 0 Å². The lowest BCUT2D eigenvalue weighted by atomic mass is 9.95. The SMILES string of the molecule is Cc1cc(C)c(-c2[nH]cc3cc4ccccc4cc23)c(C)c1. The van der Waals surface area contributed by atoms with E-state index in [0.29, 0.717) is 0 Å². The van der Waals surface area contributed by atoms with Crippen molar-refractivity contribution >= 4 is 21.5 Å². The standard InChI is InChI=1S/C21H19N/c1-13-8-14(2)20(15(3)9-13)21-19-11-17-7-5-4-6-16(17)10-18(19)12-22-21/h4-12,22H,1-3H3. The molecule has 4 aromatic rings. The minimum atomic E-state index is 1.23. The van der Waals surface area contributed by atoms with Gasteiger partial charge < -0.3 is 4.98 Å². The molecular formula is C21H19N. The normalized spacial score (nSPS) is 11.4. The molecule has 0 amide bonds. The second-order valence-corrected chi connectivity index (χ2v) is 6.22. The number of aromatic amines is 1. The van der Waals surface area contributed by atoms with E-state index < -0.39 is 0 Å². The maximum absolute atomic E-state index is 3.51. The first-order valence-electron chi connectivity index (χ1n) is 7.71. The predicted molar refractivity (Wildman–Crippen MR) is 95.5 cm³/mol. The van der Waals surface area contributed by atoms with E-state index in [1.165, 1.54) is 49.5 Å². The summed E-state index contributed by atoms with van der Waals surface area (Å²) in [5.41, 5.74) is 6.54. The highest BCUT2D eigenvalue weighted by atomic mass is 14.7. The van der Waals surface area contributed by atoms with Crippen molar-refractivity contribution in [2.24, 2.45) is 0 Å². The zero-order valence-electron chi connectivity index (χ0n) is 13.2. The predicted octanol–water partition coefficient (Wildman–Crippen LogP) is 5.91. The molecular weight excluding hydrogens is 266 g/mol. The molecule has 0 atom stereocenters. The van der Waals surface area contributed by atoms with E-state index in [0.717, 1.165) is 0 Å². The van der Waals surface area contributed by atoms with E-state index in [4.69, 9.17) is 0 Å². The summed E-state index contributed by atoms with van der Waals surface area (Å²) in [4.78, 5) is 3.51. The summed E-state index contributed by atoms with van der Waals surface area (Å²) in [5.74, 6) is 0. The van der Waals surface area contributed by atoms with Crippen molar-refractivity contribution in [3.8, 4) is 11.3 Å². The van der Waals surface area contributed by atoms with Gasteiger partial charge in [-0.25, -0.2) is 0 Å². The number of rotatable bonds is 1. The van der Waals surface area contributed by atoms with Crippen LogP contribution in [0.4, 0.5) is 0 Å². The van der Waals surface area contributed by atoms with E-state index >= 15 is 0 Å². The molecule has 0 unspecified atom stereocenters. The molecule has 0 saturated heterocycles. The Bertz CT molecular complexity index is 982. The van der Waals surface area contributed by atoms with Crippen LogP contribution in [0.1, 0.15) is 16.7 Å². The van der Waals surface area contributed by atoms with Gasteiger partial charge in [-0.15, -0.1) is 0 Å². The summed E-state index contributed by atoms with van der Waals surface area (Å²) >= 11 is 0. The number of nitrogens with one attached hydrogen (secondary N) is 1. The molecule has 0 aliphatic rings. The summed E-state index contributed by atoms with van der Waals surface area (Å²) < 4.78 is 0. The van der Waals surface area contributed by atoms with Crippen LogP contribution in [0.25, 0.3) is 32.8 Å². The summed E-state index contributed by atoms with van der Waals surface area (Å²) in [5, 5.41) is 5.15. The smallest absolute Gasteiger partial charge is 0.0539 e. The van der Waals surface area contributed by atoms with Gasteiger partial charge in [0.2, 0.25) is 0 Å². The van der Waals surface area contributed by atoms with E-state index in [1.54, 1.807) is 0 Å². The highest BCUT2D eigenvalue weighted by molar-refractivity contribution is 6.05. The lowest BCUT2D eigenvalue weighted by Gasteiger charge is -2.11. The van der Waals surface area contributed by atoms with Gasteiger partial charge >= 0.3 is 0 Å². The fourth-order valence-corrected chi connectivity index (χ4v) is 3.60. The molecule has 1 nitrogen and oxygen atoms in total. The molecule has 0 aliphatic carbocycles. The van der Waals surface area contributed by atoms with Crippen LogP contribution in [0.2, 0.25) is 0 Å². The van der Waals surface area contributed by atoms with Crippen LogP contribution >= 0.6 is 0 Å². The molecule has 0 aliphatic heterocycles. The van der Waals surface area contributed by atoms with Crippen molar-refractivity contribution in [1.29, 1.82) is 0 Å². The molecule has 0 fully saturated rings. The summed E-state index contributed by atoms with van der Waals surface area (Å²) in [6.07, 6.45) is 2.12. The van der Waals surface area contributed by atoms with Crippen molar-refractivity contribution < 1.29 is 0 Å². The van der Waals surface area contributed by atoms with Crippen LogP contribution in [0.15, 0.2) is 54.7 Å². The summed E-state index contributed by atoms with van der Waals surface area (Å²) in [6, 6.07) is 17.6. The number of hydrogen-bond donors (Lipinski definition) is 1. The van der Waals surface area contributed by atoms with Gasteiger partial charge in [-0.3, -0.25) is 0 Å². The van der Waals surface area contributed by atoms with E-state index in [9.17, 15) is 0 Å². The van der Waals surface area contributed by atoms with Gasteiger partial charge in [0.1, 0.15) is 0 Å². The van der Waals surface area contributed by atoms with Crippen LogP contribution in [0.3, 0.4) is 0 Å². The first kappa shape index (κ1) is 13.1. The summed E-state index contributed by atoms with van der Waals surface area (Å²) in [7, 11) is 0. The van der Waals surface area contributed by atoms with Crippen molar-refractivity contribution in [2.45, 2.75) is 20.8 Å². The molecule has 108 valence electrons. The quantitative estimate of drug-likeness (QED) is 0.447. The van der Waals surface area contributed by atoms with E-state index in [2.05, 4.69) is 80.5 Å². The maximum atomic E-state index is 3.51. The topological polar surface area (TPSA) is 15.8 Å². The number of aromatic nitrogens is 1. The Kier molecular flexibility index (Phi) is 2.83. The molecule has 1 heterocycles. The number of benzene rings is 3. The maximum Gasteiger partial charge on any atom is 0.0539 e. The van der Waals surface area contributed by atoms with Crippen LogP contribution in [0.5, 0.6) is 0 Å². The van der Waals surface area contributed by atoms with Crippen LogP contribution in [0, 0.1) is 20.8 Å². The molecule has 3 aromatic carbocycles. The van der Waals surface area contributed by atoms with Crippen molar-refractivity contribution in [3.63, 3.8) is 0 Å². The molecule has 1 heteroatoms. The Morgan fingerprint density at radius 1 is 0.727 bits per heavy atom. The molecule has 4 rings (SSSR count). The van der Waals surface area contributed by atoms with Crippen molar-refractivity contribution in [3.05, 3.63) is 71.4 Å². The zero-order chi connectivity index (χ0) is 15.3. The van der Waals surface area contributed by atoms with Crippen molar-refractivity contribution in [1.82, 2.24) is 4.98 Å². The molecule has 0 spiro atoms. The Morgan fingerprint density at radius 3 is 2.05 bits per heavy atom. The van der Waals surface area contributed by atoms with Crippen molar-refractivity contribution in [2.75, 3.05) is 0 Å². The minimum Gasteiger partial charge on any atom is -0.360 e. The first-order valence-corrected chi connectivity index (χ1v) is 7.71. The highest BCUT2D eigenvalue weighted by Gasteiger charge is 2.12. The van der Waals surface area contributed by atoms with E-state index in [-0.39, 0.29) is 0 Å². The van der Waals surface area contributed by atoms with Crippen LogP contribution in [-0.4, -0.2) is 4.98 Å². The first-order chi connectivity index (χ1) is 10.6. The number of H-pyrrole nitrogens is 1. The van der Waals surface area contributed by atoms with Gasteiger partial charge in [0.05, 0.1) is 5.69 Å². The van der Waals surface area contributed by atoms with Gasteiger partial charge in [-0.2, -0.15) is 0 Å². The third kappa shape index (κ3) is 1.93. The fourth-order valence-electron chi connectivity index (χ4n) is 3.60. The lowest BCUT2D eigenvalue weighted by molar-refractivity contribution is 1.29. The Hall–Kier alpha value is -2.54. The number of fused-ring (bicyclic) bond motifs is 2. The third-order valence-corrected chi connectivity index (χ3v) is 4.49. The second-order valence-electron chi connectivity index (χ2n) is 6.22. The second kappa shape index (κ2) is 4.74.